The number of rotatable bonds is 2. The number of aromatic nitrogens is 4. The molecule has 0 atom stereocenters. The molecule has 3 aromatic rings. The van der Waals surface area contributed by atoms with Crippen LogP contribution in [0.2, 0.25) is 0 Å². The highest BCUT2D eigenvalue weighted by atomic mass is 32.1. The summed E-state index contributed by atoms with van der Waals surface area (Å²) in [6.07, 6.45) is 0.774. The van der Waals surface area contributed by atoms with E-state index in [1.807, 2.05) is 0 Å². The number of nitrogens with two attached hydrogens (primary N) is 1. The van der Waals surface area contributed by atoms with Gasteiger partial charge in [-0.05, 0) is 24.6 Å². The maximum absolute atomic E-state index is 6.03. The third-order valence-corrected chi connectivity index (χ3v) is 6.31. The first-order chi connectivity index (χ1) is 13.1. The van der Waals surface area contributed by atoms with Crippen molar-refractivity contribution in [3.63, 3.8) is 0 Å². The molecule has 1 saturated heterocycles. The van der Waals surface area contributed by atoms with E-state index in [0.29, 0.717) is 25.6 Å². The van der Waals surface area contributed by atoms with E-state index in [2.05, 4.69) is 39.6 Å². The van der Waals surface area contributed by atoms with Crippen LogP contribution in [0.3, 0.4) is 0 Å². The molecule has 27 heavy (non-hydrogen) atoms. The van der Waals surface area contributed by atoms with Gasteiger partial charge in [0.2, 0.25) is 0 Å². The highest BCUT2D eigenvalue weighted by Gasteiger charge is 2.32. The number of hydrazine groups is 1. The molecule has 5 heterocycles. The fourth-order valence-corrected chi connectivity index (χ4v) is 5.03. The fourth-order valence-electron chi connectivity index (χ4n) is 3.80. The molecule has 0 spiro atoms. The lowest BCUT2D eigenvalue weighted by Crippen LogP contribution is -2.38. The molecule has 0 amide bonds. The number of fused-ring (bicyclic) bond motifs is 5. The molecule has 3 N–H and O–H groups in total. The predicted octanol–water partition coefficient (Wildman–Crippen LogP) is 1.61. The Hall–Kier alpha value is -2.14. The van der Waals surface area contributed by atoms with E-state index in [4.69, 9.17) is 20.3 Å². The lowest BCUT2D eigenvalue weighted by molar-refractivity contribution is -0.0415. The van der Waals surface area contributed by atoms with E-state index in [0.717, 1.165) is 51.3 Å². The molecule has 0 saturated carbocycles. The molecule has 0 radical (unpaired) electrons. The van der Waals surface area contributed by atoms with Crippen LogP contribution in [0.4, 0.5) is 11.6 Å². The summed E-state index contributed by atoms with van der Waals surface area (Å²) < 4.78 is 13.6. The monoisotopic (exact) mass is 387 g/mol. The third kappa shape index (κ3) is 2.71. The summed E-state index contributed by atoms with van der Waals surface area (Å²) in [7, 11) is 0. The standard InChI is InChI=1S/C17H21N7O2S/c1-17(2)7-9-10(8-26-17)19-16(24-3-5-25-6-4-24)13-11(9)12-14(27-13)15(20-18)22-23-21-12/h3-8,18H2,1-2H3,(H,20,21,22). The van der Waals surface area contributed by atoms with Crippen molar-refractivity contribution in [2.75, 3.05) is 36.6 Å². The molecule has 0 aliphatic carbocycles. The summed E-state index contributed by atoms with van der Waals surface area (Å²) in [6, 6.07) is 0. The van der Waals surface area contributed by atoms with Crippen molar-refractivity contribution in [1.29, 1.82) is 0 Å². The third-order valence-electron chi connectivity index (χ3n) is 5.13. The van der Waals surface area contributed by atoms with E-state index in [9.17, 15) is 0 Å². The lowest BCUT2D eigenvalue weighted by Gasteiger charge is -2.34. The molecule has 2 aliphatic rings. The number of nitrogens with one attached hydrogen (secondary N) is 1. The molecule has 2 aliphatic heterocycles. The van der Waals surface area contributed by atoms with Gasteiger partial charge in [0, 0.05) is 24.9 Å². The van der Waals surface area contributed by atoms with Crippen LogP contribution in [-0.2, 0) is 22.5 Å². The molecular weight excluding hydrogens is 366 g/mol. The zero-order chi connectivity index (χ0) is 18.6. The average molecular weight is 387 g/mol. The summed E-state index contributed by atoms with van der Waals surface area (Å²) in [4.78, 5) is 7.29. The van der Waals surface area contributed by atoms with Crippen LogP contribution < -0.4 is 16.2 Å². The highest BCUT2D eigenvalue weighted by Crippen LogP contribution is 2.44. The van der Waals surface area contributed by atoms with Crippen LogP contribution in [0.1, 0.15) is 25.1 Å². The maximum atomic E-state index is 6.03. The van der Waals surface area contributed by atoms with Gasteiger partial charge in [-0.2, -0.15) is 0 Å². The minimum absolute atomic E-state index is 0.244. The van der Waals surface area contributed by atoms with Crippen LogP contribution in [0, 0.1) is 0 Å². The number of morpholine rings is 1. The number of hydrogen-bond acceptors (Lipinski definition) is 10. The minimum atomic E-state index is -0.244. The summed E-state index contributed by atoms with van der Waals surface area (Å²) in [5.41, 5.74) is 5.39. The van der Waals surface area contributed by atoms with Gasteiger partial charge in [0.05, 0.1) is 35.8 Å². The van der Waals surface area contributed by atoms with Gasteiger partial charge in [0.1, 0.15) is 16.0 Å². The van der Waals surface area contributed by atoms with E-state index in [-0.39, 0.29) is 5.60 Å². The minimum Gasteiger partial charge on any atom is -0.378 e. The normalized spacial score (nSPS) is 19.4. The van der Waals surface area contributed by atoms with Gasteiger partial charge in [-0.15, -0.1) is 21.5 Å². The number of nitrogens with zero attached hydrogens (tertiary/aromatic N) is 5. The topological polar surface area (TPSA) is 111 Å². The van der Waals surface area contributed by atoms with Crippen molar-refractivity contribution < 1.29 is 9.47 Å². The van der Waals surface area contributed by atoms with Crippen molar-refractivity contribution in [1.82, 2.24) is 20.4 Å². The van der Waals surface area contributed by atoms with Crippen molar-refractivity contribution in [3.8, 4) is 0 Å². The number of thiophene rings is 1. The quantitative estimate of drug-likeness (QED) is 0.500. The summed E-state index contributed by atoms with van der Waals surface area (Å²) in [5.74, 6) is 7.16. The Morgan fingerprint density at radius 1 is 1.19 bits per heavy atom. The zero-order valence-electron chi connectivity index (χ0n) is 15.3. The van der Waals surface area contributed by atoms with Crippen molar-refractivity contribution in [3.05, 3.63) is 11.3 Å². The van der Waals surface area contributed by atoms with Crippen molar-refractivity contribution >= 4 is 43.3 Å². The summed E-state index contributed by atoms with van der Waals surface area (Å²) in [5, 5.41) is 13.4. The SMILES string of the molecule is CC1(C)Cc2c(nc(N3CCOCC3)c3sc4c(NN)nnnc4c23)CO1. The van der Waals surface area contributed by atoms with E-state index in [1.165, 1.54) is 5.56 Å². The van der Waals surface area contributed by atoms with Gasteiger partial charge in [0.25, 0.3) is 0 Å². The van der Waals surface area contributed by atoms with Crippen molar-refractivity contribution in [2.45, 2.75) is 32.5 Å². The second-order valence-corrected chi connectivity index (χ2v) is 8.47. The fraction of sp³-hybridized carbons (Fsp3) is 0.529. The van der Waals surface area contributed by atoms with Crippen LogP contribution in [-0.4, -0.2) is 52.3 Å². The number of ether oxygens (including phenoxy) is 2. The Bertz CT molecular complexity index is 1030. The number of pyridine rings is 1. The van der Waals surface area contributed by atoms with E-state index < -0.39 is 0 Å². The zero-order valence-corrected chi connectivity index (χ0v) is 16.1. The Morgan fingerprint density at radius 2 is 2.00 bits per heavy atom. The molecule has 3 aromatic heterocycles. The van der Waals surface area contributed by atoms with Crippen molar-refractivity contribution in [2.24, 2.45) is 5.84 Å². The molecular formula is C17H21N7O2S. The smallest absolute Gasteiger partial charge is 0.184 e. The molecule has 1 fully saturated rings. The number of nitrogen functional groups attached to an aromatic ring is 1. The van der Waals surface area contributed by atoms with E-state index >= 15 is 0 Å². The van der Waals surface area contributed by atoms with Crippen LogP contribution in [0.25, 0.3) is 20.3 Å². The van der Waals surface area contributed by atoms with Gasteiger partial charge in [-0.1, -0.05) is 0 Å². The Kier molecular flexibility index (Phi) is 3.90. The van der Waals surface area contributed by atoms with Gasteiger partial charge < -0.3 is 19.8 Å². The van der Waals surface area contributed by atoms with Crippen LogP contribution in [0.5, 0.6) is 0 Å². The van der Waals surface area contributed by atoms with Crippen LogP contribution >= 0.6 is 11.3 Å². The second-order valence-electron chi connectivity index (χ2n) is 7.45. The predicted molar refractivity (Wildman–Crippen MR) is 104 cm³/mol. The Labute approximate surface area is 159 Å². The summed E-state index contributed by atoms with van der Waals surface area (Å²) in [6.45, 7) is 7.73. The van der Waals surface area contributed by atoms with Gasteiger partial charge >= 0.3 is 0 Å². The number of anilines is 2. The van der Waals surface area contributed by atoms with Gasteiger partial charge in [-0.25, -0.2) is 10.8 Å². The summed E-state index contributed by atoms with van der Waals surface area (Å²) >= 11 is 1.61. The van der Waals surface area contributed by atoms with E-state index in [1.54, 1.807) is 11.3 Å². The largest absolute Gasteiger partial charge is 0.378 e. The second kappa shape index (κ2) is 6.20. The Balaban J connectivity index is 1.84. The maximum Gasteiger partial charge on any atom is 0.184 e. The average Bonchev–Trinajstić information content (AvgIpc) is 3.07. The Morgan fingerprint density at radius 3 is 2.78 bits per heavy atom. The first-order valence-electron chi connectivity index (χ1n) is 8.98. The highest BCUT2D eigenvalue weighted by molar-refractivity contribution is 7.26. The number of hydrogen-bond donors (Lipinski definition) is 2. The van der Waals surface area contributed by atoms with Crippen LogP contribution in [0.15, 0.2) is 0 Å². The molecule has 0 unspecified atom stereocenters. The molecule has 142 valence electrons. The van der Waals surface area contributed by atoms with Gasteiger partial charge in [0.15, 0.2) is 5.82 Å². The lowest BCUT2D eigenvalue weighted by atomic mass is 9.92. The molecule has 9 nitrogen and oxygen atoms in total. The van der Waals surface area contributed by atoms with Gasteiger partial charge in [-0.3, -0.25) is 0 Å². The molecule has 0 aromatic carbocycles. The molecule has 5 rings (SSSR count). The molecule has 10 heteroatoms. The molecule has 0 bridgehead atoms. The first-order valence-corrected chi connectivity index (χ1v) is 9.79. The first kappa shape index (κ1) is 17.0.